The molecule has 0 radical (unpaired) electrons. The number of carbonyl (C=O) groups excluding carboxylic acids is 1. The molecule has 25 heavy (non-hydrogen) atoms. The van der Waals surface area contributed by atoms with Crippen LogP contribution in [0.1, 0.15) is 11.3 Å². The number of anilines is 1. The number of aryl methyl sites for hydroxylation is 1. The molecule has 0 saturated heterocycles. The van der Waals surface area contributed by atoms with Gasteiger partial charge in [0.25, 0.3) is 0 Å². The summed E-state index contributed by atoms with van der Waals surface area (Å²) in [7, 11) is 0. The number of benzene rings is 1. The second-order valence-electron chi connectivity index (χ2n) is 5.19. The van der Waals surface area contributed by atoms with Gasteiger partial charge in [0.15, 0.2) is 0 Å². The molecule has 3 aromatic rings. The number of ether oxygens (including phenoxy) is 1. The van der Waals surface area contributed by atoms with Crippen molar-refractivity contribution in [1.29, 1.82) is 0 Å². The lowest BCUT2D eigenvalue weighted by Gasteiger charge is -2.09. The van der Waals surface area contributed by atoms with Crippen molar-refractivity contribution in [2.45, 2.75) is 6.92 Å². The Kier molecular flexibility index (Phi) is 5.11. The van der Waals surface area contributed by atoms with Crippen molar-refractivity contribution in [3.63, 3.8) is 0 Å². The molecule has 3 rings (SSSR count). The molecule has 0 unspecified atom stereocenters. The lowest BCUT2D eigenvalue weighted by atomic mass is 10.2. The van der Waals surface area contributed by atoms with Gasteiger partial charge in [0.05, 0.1) is 5.69 Å². The van der Waals surface area contributed by atoms with E-state index in [1.54, 1.807) is 42.9 Å². The van der Waals surface area contributed by atoms with E-state index in [0.717, 1.165) is 11.3 Å². The van der Waals surface area contributed by atoms with Crippen molar-refractivity contribution in [3.8, 4) is 11.8 Å². The molecule has 0 aliphatic heterocycles. The Morgan fingerprint density at radius 2 is 1.84 bits per heavy atom. The fourth-order valence-electron chi connectivity index (χ4n) is 2.09. The number of aromatic nitrogens is 3. The first-order chi connectivity index (χ1) is 12.2. The molecule has 0 aliphatic carbocycles. The van der Waals surface area contributed by atoms with Crippen LogP contribution in [0, 0.1) is 6.92 Å². The van der Waals surface area contributed by atoms with Gasteiger partial charge in [-0.1, -0.05) is 6.07 Å². The lowest BCUT2D eigenvalue weighted by Crippen LogP contribution is -2.09. The Morgan fingerprint density at radius 3 is 2.56 bits per heavy atom. The Hall–Kier alpha value is -3.54. The van der Waals surface area contributed by atoms with E-state index < -0.39 is 0 Å². The summed E-state index contributed by atoms with van der Waals surface area (Å²) in [4.78, 5) is 24.2. The lowest BCUT2D eigenvalue weighted by molar-refractivity contribution is -0.111. The predicted molar refractivity (Wildman–Crippen MR) is 95.2 cm³/mol. The van der Waals surface area contributed by atoms with Crippen LogP contribution >= 0.6 is 0 Å². The summed E-state index contributed by atoms with van der Waals surface area (Å²) in [6.45, 7) is 1.89. The standard InChI is InChI=1S/C19H16N4O2/c1-14-13-16(25-19-21-11-4-12-22-19)7-8-17(14)23-18(24)9-6-15-5-2-3-10-20-15/h2-13H,1H3,(H,23,24)/b9-6+. The number of nitrogens with one attached hydrogen (secondary N) is 1. The molecule has 0 bridgehead atoms. The summed E-state index contributed by atoms with van der Waals surface area (Å²) in [6, 6.07) is 12.9. The van der Waals surface area contributed by atoms with Crippen LogP contribution in [0.5, 0.6) is 11.8 Å². The van der Waals surface area contributed by atoms with Crippen LogP contribution < -0.4 is 10.1 Å². The average Bonchev–Trinajstić information content (AvgIpc) is 2.64. The minimum absolute atomic E-state index is 0.228. The molecule has 6 nitrogen and oxygen atoms in total. The third-order valence-electron chi connectivity index (χ3n) is 3.30. The Morgan fingerprint density at radius 1 is 1.04 bits per heavy atom. The highest BCUT2D eigenvalue weighted by Gasteiger charge is 2.05. The van der Waals surface area contributed by atoms with Crippen molar-refractivity contribution in [3.05, 3.63) is 78.4 Å². The van der Waals surface area contributed by atoms with Crippen LogP contribution in [0.4, 0.5) is 5.69 Å². The van der Waals surface area contributed by atoms with E-state index in [4.69, 9.17) is 4.74 Å². The third-order valence-corrected chi connectivity index (χ3v) is 3.30. The van der Waals surface area contributed by atoms with E-state index in [0.29, 0.717) is 11.4 Å². The molecular weight excluding hydrogens is 316 g/mol. The molecule has 124 valence electrons. The van der Waals surface area contributed by atoms with E-state index in [1.807, 2.05) is 31.2 Å². The normalized spacial score (nSPS) is 10.6. The van der Waals surface area contributed by atoms with E-state index in [9.17, 15) is 4.79 Å². The maximum Gasteiger partial charge on any atom is 0.321 e. The quantitative estimate of drug-likeness (QED) is 0.722. The van der Waals surface area contributed by atoms with Crippen LogP contribution in [0.2, 0.25) is 0 Å². The summed E-state index contributed by atoms with van der Waals surface area (Å²) in [5, 5.41) is 2.83. The monoisotopic (exact) mass is 332 g/mol. The molecule has 0 spiro atoms. The van der Waals surface area contributed by atoms with E-state index in [1.165, 1.54) is 6.08 Å². The summed E-state index contributed by atoms with van der Waals surface area (Å²) in [5.41, 5.74) is 2.30. The zero-order valence-corrected chi connectivity index (χ0v) is 13.6. The van der Waals surface area contributed by atoms with Gasteiger partial charge >= 0.3 is 6.01 Å². The van der Waals surface area contributed by atoms with Gasteiger partial charge in [-0.25, -0.2) is 9.97 Å². The van der Waals surface area contributed by atoms with E-state index in [-0.39, 0.29) is 11.9 Å². The topological polar surface area (TPSA) is 77.0 Å². The molecule has 0 aliphatic rings. The molecule has 1 aromatic carbocycles. The average molecular weight is 332 g/mol. The Balaban J connectivity index is 1.65. The number of carbonyl (C=O) groups is 1. The minimum Gasteiger partial charge on any atom is -0.424 e. The molecular formula is C19H16N4O2. The van der Waals surface area contributed by atoms with E-state index >= 15 is 0 Å². The summed E-state index contributed by atoms with van der Waals surface area (Å²) in [6.07, 6.45) is 8.01. The predicted octanol–water partition coefficient (Wildman–Crippen LogP) is 3.62. The molecule has 0 atom stereocenters. The second kappa shape index (κ2) is 7.83. The van der Waals surface area contributed by atoms with Gasteiger partial charge in [0.1, 0.15) is 5.75 Å². The number of hydrogen-bond acceptors (Lipinski definition) is 5. The molecule has 0 fully saturated rings. The molecule has 2 aromatic heterocycles. The highest BCUT2D eigenvalue weighted by atomic mass is 16.5. The van der Waals surface area contributed by atoms with Gasteiger partial charge in [-0.15, -0.1) is 0 Å². The van der Waals surface area contributed by atoms with Gasteiger partial charge in [0.2, 0.25) is 5.91 Å². The van der Waals surface area contributed by atoms with Gasteiger partial charge in [-0.2, -0.15) is 0 Å². The van der Waals surface area contributed by atoms with Crippen molar-refractivity contribution < 1.29 is 9.53 Å². The number of nitrogens with zero attached hydrogens (tertiary/aromatic N) is 3. The zero-order chi connectivity index (χ0) is 17.5. The molecule has 1 N–H and O–H groups in total. The van der Waals surface area contributed by atoms with Crippen LogP contribution in [-0.2, 0) is 4.79 Å². The van der Waals surface area contributed by atoms with Crippen LogP contribution in [0.25, 0.3) is 6.08 Å². The zero-order valence-electron chi connectivity index (χ0n) is 13.6. The number of amides is 1. The smallest absolute Gasteiger partial charge is 0.321 e. The first-order valence-electron chi connectivity index (χ1n) is 7.66. The SMILES string of the molecule is Cc1cc(Oc2ncccn2)ccc1NC(=O)/C=C/c1ccccn1. The Bertz CT molecular complexity index is 880. The van der Waals surface area contributed by atoms with Crippen molar-refractivity contribution >= 4 is 17.7 Å². The first kappa shape index (κ1) is 16.3. The number of hydrogen-bond donors (Lipinski definition) is 1. The van der Waals surface area contributed by atoms with Gasteiger partial charge in [-0.3, -0.25) is 9.78 Å². The molecule has 0 saturated carbocycles. The largest absolute Gasteiger partial charge is 0.424 e. The van der Waals surface area contributed by atoms with Gasteiger partial charge in [0, 0.05) is 30.4 Å². The van der Waals surface area contributed by atoms with Gasteiger partial charge in [-0.05, 0) is 55.0 Å². The van der Waals surface area contributed by atoms with Crippen LogP contribution in [-0.4, -0.2) is 20.9 Å². The fraction of sp³-hybridized carbons (Fsp3) is 0.0526. The van der Waals surface area contributed by atoms with E-state index in [2.05, 4.69) is 20.3 Å². The first-order valence-corrected chi connectivity index (χ1v) is 7.66. The van der Waals surface area contributed by atoms with Crippen molar-refractivity contribution in [2.75, 3.05) is 5.32 Å². The molecule has 1 amide bonds. The van der Waals surface area contributed by atoms with Crippen molar-refractivity contribution in [2.24, 2.45) is 0 Å². The Labute approximate surface area is 145 Å². The maximum atomic E-state index is 12.0. The molecule has 2 heterocycles. The van der Waals surface area contributed by atoms with Gasteiger partial charge < -0.3 is 10.1 Å². The minimum atomic E-state index is -0.228. The number of rotatable bonds is 5. The summed E-state index contributed by atoms with van der Waals surface area (Å²) >= 11 is 0. The third kappa shape index (κ3) is 4.71. The van der Waals surface area contributed by atoms with Crippen LogP contribution in [0.15, 0.2) is 67.1 Å². The second-order valence-corrected chi connectivity index (χ2v) is 5.19. The maximum absolute atomic E-state index is 12.0. The number of pyridine rings is 1. The van der Waals surface area contributed by atoms with Crippen molar-refractivity contribution in [1.82, 2.24) is 15.0 Å². The summed E-state index contributed by atoms with van der Waals surface area (Å²) < 4.78 is 5.57. The highest BCUT2D eigenvalue weighted by molar-refractivity contribution is 6.02. The summed E-state index contributed by atoms with van der Waals surface area (Å²) in [5.74, 6) is 0.375. The van der Waals surface area contributed by atoms with Crippen LogP contribution in [0.3, 0.4) is 0 Å². The fourth-order valence-corrected chi connectivity index (χ4v) is 2.09. The molecule has 6 heteroatoms. The highest BCUT2D eigenvalue weighted by Crippen LogP contribution is 2.24.